The molecule has 1 aliphatic heterocycles. The molecule has 138 valence electrons. The van der Waals surface area contributed by atoms with Gasteiger partial charge in [0.05, 0.1) is 16.3 Å². The third kappa shape index (κ3) is 3.72. The van der Waals surface area contributed by atoms with Crippen molar-refractivity contribution in [3.63, 3.8) is 0 Å². The molecule has 0 bridgehead atoms. The Morgan fingerprint density at radius 1 is 1.07 bits per heavy atom. The van der Waals surface area contributed by atoms with E-state index in [4.69, 9.17) is 4.98 Å². The smallest absolute Gasteiger partial charge is 0.233 e. The maximum Gasteiger partial charge on any atom is 0.233 e. The molecular formula is C23H24N2OS. The van der Waals surface area contributed by atoms with Crippen LogP contribution in [0.2, 0.25) is 0 Å². The monoisotopic (exact) mass is 376 g/mol. The molecule has 2 heterocycles. The zero-order chi connectivity index (χ0) is 19.0. The molecule has 1 aliphatic rings. The SMILES string of the molecule is Cc1cc(C)c2nc(SCC(=O)N3CCc4ccccc4C3)cc(C)c2c1. The summed E-state index contributed by atoms with van der Waals surface area (Å²) in [5.74, 6) is 0.625. The highest BCUT2D eigenvalue weighted by molar-refractivity contribution is 7.99. The first-order chi connectivity index (χ1) is 13.0. The first-order valence-corrected chi connectivity index (χ1v) is 10.4. The Morgan fingerprint density at radius 3 is 2.67 bits per heavy atom. The van der Waals surface area contributed by atoms with E-state index in [1.165, 1.54) is 33.2 Å². The third-order valence-electron chi connectivity index (χ3n) is 5.26. The molecule has 0 spiro atoms. The van der Waals surface area contributed by atoms with Crippen molar-refractivity contribution >= 4 is 28.6 Å². The lowest BCUT2D eigenvalue weighted by Crippen LogP contribution is -2.37. The molecule has 0 N–H and O–H groups in total. The Bertz CT molecular complexity index is 1030. The Hall–Kier alpha value is -2.33. The summed E-state index contributed by atoms with van der Waals surface area (Å²) in [6, 6.07) is 14.9. The van der Waals surface area contributed by atoms with E-state index < -0.39 is 0 Å². The lowest BCUT2D eigenvalue weighted by atomic mass is 10.00. The van der Waals surface area contributed by atoms with Crippen molar-refractivity contribution in [1.82, 2.24) is 9.88 Å². The van der Waals surface area contributed by atoms with Crippen LogP contribution in [0.4, 0.5) is 0 Å². The van der Waals surface area contributed by atoms with Crippen molar-refractivity contribution in [2.45, 2.75) is 38.8 Å². The molecule has 0 fully saturated rings. The first-order valence-electron chi connectivity index (χ1n) is 9.37. The molecule has 0 unspecified atom stereocenters. The van der Waals surface area contributed by atoms with Crippen molar-refractivity contribution in [2.24, 2.45) is 0 Å². The molecule has 0 saturated heterocycles. The number of aryl methyl sites for hydroxylation is 3. The van der Waals surface area contributed by atoms with E-state index >= 15 is 0 Å². The van der Waals surface area contributed by atoms with Crippen molar-refractivity contribution < 1.29 is 4.79 Å². The molecule has 1 amide bonds. The second-order valence-electron chi connectivity index (χ2n) is 7.38. The number of benzene rings is 2. The van der Waals surface area contributed by atoms with Gasteiger partial charge in [0.25, 0.3) is 0 Å². The molecule has 4 heteroatoms. The van der Waals surface area contributed by atoms with E-state index in [2.05, 4.69) is 57.2 Å². The zero-order valence-corrected chi connectivity index (χ0v) is 16.9. The lowest BCUT2D eigenvalue weighted by molar-refractivity contribution is -0.129. The van der Waals surface area contributed by atoms with E-state index in [0.717, 1.165) is 30.1 Å². The quantitative estimate of drug-likeness (QED) is 0.614. The standard InChI is InChI=1S/C23H24N2OS/c1-15-10-17(3)23-20(11-15)16(2)12-21(24-23)27-14-22(26)25-9-8-18-6-4-5-7-19(18)13-25/h4-7,10-12H,8-9,13-14H2,1-3H3. The molecular weight excluding hydrogens is 352 g/mol. The fourth-order valence-corrected chi connectivity index (χ4v) is 4.69. The summed E-state index contributed by atoms with van der Waals surface area (Å²) in [6.07, 6.45) is 0.943. The number of carbonyl (C=O) groups excluding carboxylic acids is 1. The molecule has 3 aromatic rings. The third-order valence-corrected chi connectivity index (χ3v) is 6.15. The van der Waals surface area contributed by atoms with Crippen LogP contribution in [-0.4, -0.2) is 28.1 Å². The minimum atomic E-state index is 0.190. The summed E-state index contributed by atoms with van der Waals surface area (Å²) in [5.41, 5.74) is 7.34. The maximum atomic E-state index is 12.7. The van der Waals surface area contributed by atoms with Gasteiger partial charge in [-0.05, 0) is 61.6 Å². The number of pyridine rings is 1. The highest BCUT2D eigenvalue weighted by Gasteiger charge is 2.20. The molecule has 27 heavy (non-hydrogen) atoms. The second-order valence-corrected chi connectivity index (χ2v) is 8.37. The summed E-state index contributed by atoms with van der Waals surface area (Å²) in [4.78, 5) is 19.5. The first kappa shape index (κ1) is 18.1. The highest BCUT2D eigenvalue weighted by Crippen LogP contribution is 2.27. The summed E-state index contributed by atoms with van der Waals surface area (Å²) in [7, 11) is 0. The van der Waals surface area contributed by atoms with Crippen LogP contribution >= 0.6 is 11.8 Å². The predicted molar refractivity (Wildman–Crippen MR) is 112 cm³/mol. The lowest BCUT2D eigenvalue weighted by Gasteiger charge is -2.28. The van der Waals surface area contributed by atoms with Gasteiger partial charge < -0.3 is 4.90 Å². The average molecular weight is 377 g/mol. The second kappa shape index (κ2) is 7.35. The van der Waals surface area contributed by atoms with Gasteiger partial charge in [-0.3, -0.25) is 4.79 Å². The van der Waals surface area contributed by atoms with Gasteiger partial charge >= 0.3 is 0 Å². The number of amides is 1. The van der Waals surface area contributed by atoms with Gasteiger partial charge in [0.2, 0.25) is 5.91 Å². The zero-order valence-electron chi connectivity index (χ0n) is 16.1. The van der Waals surface area contributed by atoms with Crippen LogP contribution in [0, 0.1) is 20.8 Å². The van der Waals surface area contributed by atoms with Gasteiger partial charge in [-0.2, -0.15) is 0 Å². The van der Waals surface area contributed by atoms with E-state index in [9.17, 15) is 4.79 Å². The number of thioether (sulfide) groups is 1. The summed E-state index contributed by atoms with van der Waals surface area (Å²) in [5, 5.41) is 2.13. The van der Waals surface area contributed by atoms with E-state index in [0.29, 0.717) is 5.75 Å². The van der Waals surface area contributed by atoms with Crippen molar-refractivity contribution in [1.29, 1.82) is 0 Å². The molecule has 0 aliphatic carbocycles. The number of fused-ring (bicyclic) bond motifs is 2. The highest BCUT2D eigenvalue weighted by atomic mass is 32.2. The van der Waals surface area contributed by atoms with E-state index in [1.807, 2.05) is 11.0 Å². The van der Waals surface area contributed by atoms with Crippen molar-refractivity contribution in [3.8, 4) is 0 Å². The van der Waals surface area contributed by atoms with E-state index in [1.54, 1.807) is 11.8 Å². The van der Waals surface area contributed by atoms with Crippen molar-refractivity contribution in [2.75, 3.05) is 12.3 Å². The topological polar surface area (TPSA) is 33.2 Å². The minimum absolute atomic E-state index is 0.190. The number of rotatable bonds is 3. The average Bonchev–Trinajstić information content (AvgIpc) is 2.66. The van der Waals surface area contributed by atoms with Gasteiger partial charge in [0.15, 0.2) is 0 Å². The fourth-order valence-electron chi connectivity index (χ4n) is 3.82. The van der Waals surface area contributed by atoms with Crippen LogP contribution in [-0.2, 0) is 17.8 Å². The largest absolute Gasteiger partial charge is 0.337 e. The minimum Gasteiger partial charge on any atom is -0.337 e. The molecule has 2 aromatic carbocycles. The number of carbonyl (C=O) groups is 1. The molecule has 0 radical (unpaired) electrons. The molecule has 0 saturated carbocycles. The van der Waals surface area contributed by atoms with Crippen LogP contribution in [0.25, 0.3) is 10.9 Å². The summed E-state index contributed by atoms with van der Waals surface area (Å²) < 4.78 is 0. The number of hydrogen-bond donors (Lipinski definition) is 0. The Balaban J connectivity index is 1.48. The van der Waals surface area contributed by atoms with Crippen LogP contribution in [0.15, 0.2) is 47.5 Å². The number of nitrogens with zero attached hydrogens (tertiary/aromatic N) is 2. The summed E-state index contributed by atoms with van der Waals surface area (Å²) >= 11 is 1.54. The van der Waals surface area contributed by atoms with Gasteiger partial charge in [-0.15, -0.1) is 0 Å². The van der Waals surface area contributed by atoms with Crippen LogP contribution in [0.3, 0.4) is 0 Å². The fraction of sp³-hybridized carbons (Fsp3) is 0.304. The van der Waals surface area contributed by atoms with Crippen LogP contribution < -0.4 is 0 Å². The van der Waals surface area contributed by atoms with Gasteiger partial charge in [0, 0.05) is 18.5 Å². The predicted octanol–water partition coefficient (Wildman–Crippen LogP) is 4.84. The number of aromatic nitrogens is 1. The summed E-state index contributed by atoms with van der Waals surface area (Å²) in [6.45, 7) is 7.87. The molecule has 4 rings (SSSR count). The Kier molecular flexibility index (Phi) is 4.92. The van der Waals surface area contributed by atoms with E-state index in [-0.39, 0.29) is 5.91 Å². The van der Waals surface area contributed by atoms with Gasteiger partial charge in [0.1, 0.15) is 0 Å². The molecule has 3 nitrogen and oxygen atoms in total. The van der Waals surface area contributed by atoms with Crippen LogP contribution in [0.5, 0.6) is 0 Å². The Morgan fingerprint density at radius 2 is 1.85 bits per heavy atom. The maximum absolute atomic E-state index is 12.7. The van der Waals surface area contributed by atoms with Gasteiger partial charge in [-0.25, -0.2) is 4.98 Å². The van der Waals surface area contributed by atoms with Crippen LogP contribution in [0.1, 0.15) is 27.8 Å². The molecule has 1 aromatic heterocycles. The molecule has 0 atom stereocenters. The Labute approximate surface area is 164 Å². The normalized spacial score (nSPS) is 13.7. The van der Waals surface area contributed by atoms with Crippen molar-refractivity contribution in [3.05, 3.63) is 70.3 Å². The number of hydrogen-bond acceptors (Lipinski definition) is 3. The van der Waals surface area contributed by atoms with Gasteiger partial charge in [-0.1, -0.05) is 47.7 Å².